The van der Waals surface area contributed by atoms with Crippen molar-refractivity contribution < 1.29 is 36.5 Å². The number of nitrogens with zero attached hydrogens (tertiary/aromatic N) is 1. The van der Waals surface area contributed by atoms with Crippen molar-refractivity contribution in [2.75, 3.05) is 7.11 Å². The van der Waals surface area contributed by atoms with Gasteiger partial charge in [-0.3, -0.25) is 0 Å². The van der Waals surface area contributed by atoms with Gasteiger partial charge in [0.15, 0.2) is 0 Å². The number of alkyl halides is 5. The van der Waals surface area contributed by atoms with Crippen LogP contribution in [0.15, 0.2) is 6.20 Å². The van der Waals surface area contributed by atoms with E-state index in [0.717, 1.165) is 7.11 Å². The number of methoxy groups -OCH3 is 1. The summed E-state index contributed by atoms with van der Waals surface area (Å²) in [5, 5.41) is 8.89. The molecule has 102 valence electrons. The Hall–Kier alpha value is -1.64. The van der Waals surface area contributed by atoms with Crippen LogP contribution in [-0.4, -0.2) is 23.6 Å². The third-order valence-corrected chi connectivity index (χ3v) is 1.96. The van der Waals surface area contributed by atoms with Gasteiger partial charge in [0.2, 0.25) is 5.88 Å². The molecular weight excluding hydrogens is 265 g/mol. The minimum Gasteiger partial charge on any atom is -0.495 e. The molecule has 4 nitrogen and oxygen atoms in total. The summed E-state index contributed by atoms with van der Waals surface area (Å²) in [5.41, 5.74) is -1.64. The van der Waals surface area contributed by atoms with Gasteiger partial charge in [-0.1, -0.05) is 0 Å². The third-order valence-electron chi connectivity index (χ3n) is 1.96. The van der Waals surface area contributed by atoms with Gasteiger partial charge in [-0.05, 0) is 0 Å². The molecular formula is C9H8F5NO3. The second-order valence-electron chi connectivity index (χ2n) is 3.03. The lowest BCUT2D eigenvalue weighted by Gasteiger charge is -2.16. The highest BCUT2D eigenvalue weighted by Gasteiger charge is 2.34. The zero-order valence-corrected chi connectivity index (χ0v) is 8.96. The van der Waals surface area contributed by atoms with Gasteiger partial charge in [-0.2, -0.15) is 0 Å². The first-order valence-electron chi connectivity index (χ1n) is 4.50. The number of pyridine rings is 1. The predicted molar refractivity (Wildman–Crippen MR) is 48.4 cm³/mol. The number of rotatable bonds is 4. The number of hydrogen-bond acceptors (Lipinski definition) is 4. The molecule has 0 spiro atoms. The smallest absolute Gasteiger partial charge is 0.495 e. The van der Waals surface area contributed by atoms with Crippen LogP contribution in [0, 0.1) is 0 Å². The van der Waals surface area contributed by atoms with E-state index in [0.29, 0.717) is 6.20 Å². The molecule has 0 aliphatic carbocycles. The normalized spacial score (nSPS) is 11.8. The van der Waals surface area contributed by atoms with E-state index in [4.69, 9.17) is 5.11 Å². The second-order valence-corrected chi connectivity index (χ2v) is 3.03. The number of ether oxygens (including phenoxy) is 2. The van der Waals surface area contributed by atoms with Gasteiger partial charge < -0.3 is 14.6 Å². The van der Waals surface area contributed by atoms with Gasteiger partial charge in [0.1, 0.15) is 5.75 Å². The minimum absolute atomic E-state index is 0.427. The van der Waals surface area contributed by atoms with Crippen molar-refractivity contribution in [3.05, 3.63) is 17.3 Å². The fraction of sp³-hybridized carbons (Fsp3) is 0.444. The molecule has 0 aromatic carbocycles. The molecule has 1 heterocycles. The number of aliphatic hydroxyl groups excluding tert-OH is 1. The third kappa shape index (κ3) is 3.19. The van der Waals surface area contributed by atoms with Crippen molar-refractivity contribution in [2.24, 2.45) is 0 Å². The number of hydrogen-bond donors (Lipinski definition) is 1. The first kappa shape index (κ1) is 14.4. The van der Waals surface area contributed by atoms with E-state index in [9.17, 15) is 22.0 Å². The molecule has 1 aromatic rings. The van der Waals surface area contributed by atoms with Crippen LogP contribution in [0.25, 0.3) is 0 Å². The van der Waals surface area contributed by atoms with Crippen LogP contribution >= 0.6 is 0 Å². The summed E-state index contributed by atoms with van der Waals surface area (Å²) in [7, 11) is 1.05. The Kier molecular flexibility index (Phi) is 4.28. The van der Waals surface area contributed by atoms with E-state index in [1.165, 1.54) is 0 Å². The fourth-order valence-corrected chi connectivity index (χ4v) is 1.28. The van der Waals surface area contributed by atoms with Crippen LogP contribution < -0.4 is 9.47 Å². The minimum atomic E-state index is -5.09. The highest BCUT2D eigenvalue weighted by atomic mass is 19.4. The van der Waals surface area contributed by atoms with Crippen molar-refractivity contribution >= 4 is 0 Å². The van der Waals surface area contributed by atoms with E-state index in [-0.39, 0.29) is 0 Å². The molecule has 9 heteroatoms. The van der Waals surface area contributed by atoms with Crippen LogP contribution in [0.4, 0.5) is 22.0 Å². The molecule has 0 amide bonds. The van der Waals surface area contributed by atoms with Gasteiger partial charge in [0.05, 0.1) is 31.0 Å². The van der Waals surface area contributed by atoms with E-state index >= 15 is 0 Å². The molecule has 0 saturated carbocycles. The van der Waals surface area contributed by atoms with Crippen molar-refractivity contribution in [3.8, 4) is 11.6 Å². The van der Waals surface area contributed by atoms with E-state index in [1.807, 2.05) is 0 Å². The lowest BCUT2D eigenvalue weighted by molar-refractivity contribution is -0.276. The quantitative estimate of drug-likeness (QED) is 0.856. The Morgan fingerprint density at radius 3 is 2.39 bits per heavy atom. The average molecular weight is 273 g/mol. The zero-order chi connectivity index (χ0) is 13.9. The molecule has 1 aromatic heterocycles. The summed E-state index contributed by atoms with van der Waals surface area (Å²) in [5.74, 6) is -1.55. The molecule has 1 N–H and O–H groups in total. The molecule has 18 heavy (non-hydrogen) atoms. The summed E-state index contributed by atoms with van der Waals surface area (Å²) in [6, 6.07) is 0. The number of halogens is 5. The Bertz CT molecular complexity index is 421. The van der Waals surface area contributed by atoms with E-state index < -0.39 is 42.2 Å². The highest BCUT2D eigenvalue weighted by Crippen LogP contribution is 2.37. The maximum absolute atomic E-state index is 12.7. The van der Waals surface area contributed by atoms with Gasteiger partial charge >= 0.3 is 6.36 Å². The first-order chi connectivity index (χ1) is 8.30. The molecule has 0 fully saturated rings. The summed E-state index contributed by atoms with van der Waals surface area (Å²) >= 11 is 0. The number of aromatic nitrogens is 1. The van der Waals surface area contributed by atoms with Gasteiger partial charge in [-0.25, -0.2) is 13.8 Å². The van der Waals surface area contributed by atoms with Crippen LogP contribution in [0.5, 0.6) is 11.6 Å². The molecule has 0 aliphatic rings. The van der Waals surface area contributed by atoms with E-state index in [2.05, 4.69) is 14.5 Å². The molecule has 0 atom stereocenters. The molecule has 0 bridgehead atoms. The molecule has 0 unspecified atom stereocenters. The van der Waals surface area contributed by atoms with Crippen molar-refractivity contribution in [2.45, 2.75) is 19.4 Å². The van der Waals surface area contributed by atoms with Crippen LogP contribution in [0.1, 0.15) is 17.6 Å². The summed E-state index contributed by atoms with van der Waals surface area (Å²) < 4.78 is 69.5. The highest BCUT2D eigenvalue weighted by molar-refractivity contribution is 5.44. The Balaban J connectivity index is 3.33. The van der Waals surface area contributed by atoms with Crippen LogP contribution in [-0.2, 0) is 6.61 Å². The molecule has 0 aliphatic heterocycles. The van der Waals surface area contributed by atoms with Gasteiger partial charge in [0.25, 0.3) is 6.43 Å². The van der Waals surface area contributed by atoms with Crippen molar-refractivity contribution in [1.29, 1.82) is 0 Å². The number of aliphatic hydroxyl groups is 1. The lowest BCUT2D eigenvalue weighted by atomic mass is 10.1. The van der Waals surface area contributed by atoms with Crippen molar-refractivity contribution in [3.63, 3.8) is 0 Å². The van der Waals surface area contributed by atoms with E-state index in [1.54, 1.807) is 0 Å². The fourth-order valence-electron chi connectivity index (χ4n) is 1.28. The Morgan fingerprint density at radius 1 is 1.39 bits per heavy atom. The molecule has 1 rings (SSSR count). The Labute approximate surface area is 98.0 Å². The maximum Gasteiger partial charge on any atom is 0.574 e. The predicted octanol–water partition coefficient (Wildman–Crippen LogP) is 2.42. The molecule has 0 radical (unpaired) electrons. The maximum atomic E-state index is 12.7. The van der Waals surface area contributed by atoms with Crippen LogP contribution in [0.2, 0.25) is 0 Å². The summed E-state index contributed by atoms with van der Waals surface area (Å²) in [6.07, 6.45) is -7.56. The van der Waals surface area contributed by atoms with Crippen molar-refractivity contribution in [1.82, 2.24) is 4.98 Å². The average Bonchev–Trinajstić information content (AvgIpc) is 2.26. The standard InChI is InChI=1S/C9H8F5NO3/c1-17-5-2-15-8(18-9(12,13)14)4(3-16)6(5)7(10)11/h2,7,16H,3H2,1H3. The van der Waals surface area contributed by atoms with Gasteiger partial charge in [0, 0.05) is 0 Å². The van der Waals surface area contributed by atoms with Crippen LogP contribution in [0.3, 0.4) is 0 Å². The summed E-state index contributed by atoms with van der Waals surface area (Å²) in [4.78, 5) is 3.19. The second kappa shape index (κ2) is 5.34. The summed E-state index contributed by atoms with van der Waals surface area (Å²) in [6.45, 7) is -1.09. The monoisotopic (exact) mass is 273 g/mol. The first-order valence-corrected chi connectivity index (χ1v) is 4.50. The lowest BCUT2D eigenvalue weighted by Crippen LogP contribution is -2.20. The molecule has 0 saturated heterocycles. The topological polar surface area (TPSA) is 51.6 Å². The van der Waals surface area contributed by atoms with Gasteiger partial charge in [-0.15, -0.1) is 13.2 Å². The largest absolute Gasteiger partial charge is 0.574 e. The Morgan fingerprint density at radius 2 is 2.00 bits per heavy atom. The zero-order valence-electron chi connectivity index (χ0n) is 8.96. The SMILES string of the molecule is COc1cnc(OC(F)(F)F)c(CO)c1C(F)F.